The van der Waals surface area contributed by atoms with Crippen molar-refractivity contribution in [1.29, 1.82) is 0 Å². The molecule has 1 aliphatic rings. The Hall–Kier alpha value is -1.88. The van der Waals surface area contributed by atoms with E-state index in [0.717, 1.165) is 0 Å². The van der Waals surface area contributed by atoms with Gasteiger partial charge < -0.3 is 14.6 Å². The zero-order chi connectivity index (χ0) is 13.0. The Morgan fingerprint density at radius 1 is 1.28 bits per heavy atom. The summed E-state index contributed by atoms with van der Waals surface area (Å²) in [6.45, 7) is 0.0947. The molecule has 2 unspecified atom stereocenters. The molecule has 1 heterocycles. The Morgan fingerprint density at radius 2 is 2.00 bits per heavy atom. The van der Waals surface area contributed by atoms with E-state index in [-0.39, 0.29) is 12.7 Å². The van der Waals surface area contributed by atoms with Crippen molar-refractivity contribution in [3.8, 4) is 0 Å². The van der Waals surface area contributed by atoms with Gasteiger partial charge in [0, 0.05) is 0 Å². The Morgan fingerprint density at radius 3 is 2.61 bits per heavy atom. The fourth-order valence-corrected chi connectivity index (χ4v) is 1.84. The summed E-state index contributed by atoms with van der Waals surface area (Å²) in [7, 11) is 0. The smallest absolute Gasteiger partial charge is 0.338 e. The van der Waals surface area contributed by atoms with Crippen LogP contribution < -0.4 is 0 Å². The number of rotatable bonds is 4. The molecule has 1 aromatic carbocycles. The van der Waals surface area contributed by atoms with E-state index in [2.05, 4.69) is 0 Å². The van der Waals surface area contributed by atoms with Crippen LogP contribution in [0.25, 0.3) is 0 Å². The predicted octanol–water partition coefficient (Wildman–Crippen LogP) is 1.48. The van der Waals surface area contributed by atoms with Crippen molar-refractivity contribution in [3.63, 3.8) is 0 Å². The normalized spacial score (nSPS) is 22.7. The Balaban J connectivity index is 1.79. The predicted molar refractivity (Wildman–Crippen MR) is 62.3 cm³/mol. The maximum atomic E-state index is 11.6. The summed E-state index contributed by atoms with van der Waals surface area (Å²) < 4.78 is 10.3. The first-order valence-electron chi connectivity index (χ1n) is 5.77. The second-order valence-corrected chi connectivity index (χ2v) is 4.13. The Labute approximate surface area is 104 Å². The number of ether oxygens (including phenoxy) is 2. The second kappa shape index (κ2) is 5.64. The number of esters is 1. The van der Waals surface area contributed by atoms with Crippen molar-refractivity contribution in [2.75, 3.05) is 6.61 Å². The third kappa shape index (κ3) is 3.07. The summed E-state index contributed by atoms with van der Waals surface area (Å²) in [5.74, 6) is -1.38. The molecule has 0 aromatic heterocycles. The molecule has 1 saturated heterocycles. The van der Waals surface area contributed by atoms with Crippen molar-refractivity contribution < 1.29 is 24.2 Å². The van der Waals surface area contributed by atoms with Crippen molar-refractivity contribution in [1.82, 2.24) is 0 Å². The minimum absolute atomic E-state index is 0.0947. The van der Waals surface area contributed by atoms with E-state index in [1.54, 1.807) is 24.3 Å². The van der Waals surface area contributed by atoms with Crippen LogP contribution in [0.5, 0.6) is 0 Å². The van der Waals surface area contributed by atoms with Crippen LogP contribution in [-0.2, 0) is 14.3 Å². The lowest BCUT2D eigenvalue weighted by Crippen LogP contribution is -2.23. The number of benzene rings is 1. The largest absolute Gasteiger partial charge is 0.479 e. The van der Waals surface area contributed by atoms with Gasteiger partial charge in [-0.2, -0.15) is 0 Å². The van der Waals surface area contributed by atoms with Gasteiger partial charge in [-0.3, -0.25) is 0 Å². The van der Waals surface area contributed by atoms with Gasteiger partial charge in [-0.15, -0.1) is 0 Å². The molecule has 1 aliphatic heterocycles. The fourth-order valence-electron chi connectivity index (χ4n) is 1.84. The van der Waals surface area contributed by atoms with E-state index in [1.165, 1.54) is 0 Å². The van der Waals surface area contributed by atoms with Crippen molar-refractivity contribution in [2.24, 2.45) is 0 Å². The monoisotopic (exact) mass is 250 g/mol. The number of carbonyl (C=O) groups is 2. The number of hydrogen-bond donors (Lipinski definition) is 1. The number of carboxylic acid groups (broad SMARTS) is 1. The van der Waals surface area contributed by atoms with Crippen LogP contribution in [0, 0.1) is 0 Å². The summed E-state index contributed by atoms with van der Waals surface area (Å²) in [6, 6.07) is 8.65. The van der Waals surface area contributed by atoms with Gasteiger partial charge in [-0.1, -0.05) is 18.2 Å². The van der Waals surface area contributed by atoms with Gasteiger partial charge >= 0.3 is 11.9 Å². The van der Waals surface area contributed by atoms with Gasteiger partial charge in [0.2, 0.25) is 0 Å². The molecule has 0 amide bonds. The van der Waals surface area contributed by atoms with Crippen molar-refractivity contribution >= 4 is 11.9 Å². The highest BCUT2D eigenvalue weighted by Gasteiger charge is 2.31. The lowest BCUT2D eigenvalue weighted by Gasteiger charge is -2.11. The molecule has 0 saturated carbocycles. The standard InChI is InChI=1S/C13H14O5/c14-12(15)11-7-6-10(18-11)8-17-13(16)9-4-2-1-3-5-9/h1-5,10-11H,6-8H2,(H,14,15). The number of carbonyl (C=O) groups excluding carboxylic acids is 1. The molecule has 0 radical (unpaired) electrons. The molecular formula is C13H14O5. The minimum atomic E-state index is -0.966. The molecule has 5 heteroatoms. The molecule has 1 aromatic rings. The summed E-state index contributed by atoms with van der Waals surface area (Å²) in [4.78, 5) is 22.3. The van der Waals surface area contributed by atoms with E-state index < -0.39 is 18.0 Å². The van der Waals surface area contributed by atoms with E-state index in [9.17, 15) is 9.59 Å². The van der Waals surface area contributed by atoms with E-state index in [4.69, 9.17) is 14.6 Å². The highest BCUT2D eigenvalue weighted by molar-refractivity contribution is 5.89. The molecule has 0 aliphatic carbocycles. The number of aliphatic carboxylic acids is 1. The summed E-state index contributed by atoms with van der Waals surface area (Å²) in [6.07, 6.45) is -0.0359. The van der Waals surface area contributed by atoms with Crippen LogP contribution in [0.3, 0.4) is 0 Å². The van der Waals surface area contributed by atoms with Gasteiger partial charge in [0.05, 0.1) is 11.7 Å². The molecule has 2 rings (SSSR count). The molecule has 1 N–H and O–H groups in total. The Bertz CT molecular complexity index is 428. The third-order valence-electron chi connectivity index (χ3n) is 2.79. The molecule has 0 spiro atoms. The van der Waals surface area contributed by atoms with Crippen LogP contribution in [0.4, 0.5) is 0 Å². The lowest BCUT2D eigenvalue weighted by atomic mass is 10.2. The average Bonchev–Trinajstić information content (AvgIpc) is 2.86. The summed E-state index contributed by atoms with van der Waals surface area (Å²) >= 11 is 0. The molecule has 96 valence electrons. The van der Waals surface area contributed by atoms with E-state index >= 15 is 0 Å². The van der Waals surface area contributed by atoms with Crippen LogP contribution in [0.15, 0.2) is 30.3 Å². The molecule has 1 fully saturated rings. The maximum Gasteiger partial charge on any atom is 0.338 e. The van der Waals surface area contributed by atoms with Gasteiger partial charge in [0.15, 0.2) is 6.10 Å². The topological polar surface area (TPSA) is 72.8 Å². The average molecular weight is 250 g/mol. The minimum Gasteiger partial charge on any atom is -0.479 e. The van der Waals surface area contributed by atoms with Gasteiger partial charge in [-0.25, -0.2) is 9.59 Å². The lowest BCUT2D eigenvalue weighted by molar-refractivity contribution is -0.150. The summed E-state index contributed by atoms with van der Waals surface area (Å²) in [5.41, 5.74) is 0.477. The molecular weight excluding hydrogens is 236 g/mol. The molecule has 0 bridgehead atoms. The van der Waals surface area contributed by atoms with Crippen LogP contribution in [0.1, 0.15) is 23.2 Å². The van der Waals surface area contributed by atoms with E-state index in [1.807, 2.05) is 6.07 Å². The first-order chi connectivity index (χ1) is 8.66. The zero-order valence-corrected chi connectivity index (χ0v) is 9.74. The SMILES string of the molecule is O=C(OCC1CCC(C(=O)O)O1)c1ccccc1. The molecule has 5 nitrogen and oxygen atoms in total. The van der Waals surface area contributed by atoms with E-state index in [0.29, 0.717) is 18.4 Å². The number of hydrogen-bond acceptors (Lipinski definition) is 4. The van der Waals surface area contributed by atoms with Crippen LogP contribution >= 0.6 is 0 Å². The van der Waals surface area contributed by atoms with Gasteiger partial charge in [0.25, 0.3) is 0 Å². The van der Waals surface area contributed by atoms with Crippen molar-refractivity contribution in [2.45, 2.75) is 25.0 Å². The first-order valence-corrected chi connectivity index (χ1v) is 5.77. The van der Waals surface area contributed by atoms with Crippen molar-refractivity contribution in [3.05, 3.63) is 35.9 Å². The maximum absolute atomic E-state index is 11.6. The fraction of sp³-hybridized carbons (Fsp3) is 0.385. The highest BCUT2D eigenvalue weighted by Crippen LogP contribution is 2.20. The van der Waals surface area contributed by atoms with Crippen LogP contribution in [-0.4, -0.2) is 35.9 Å². The third-order valence-corrected chi connectivity index (χ3v) is 2.79. The zero-order valence-electron chi connectivity index (χ0n) is 9.74. The molecule has 18 heavy (non-hydrogen) atoms. The van der Waals surface area contributed by atoms with Crippen LogP contribution in [0.2, 0.25) is 0 Å². The quantitative estimate of drug-likeness (QED) is 0.819. The second-order valence-electron chi connectivity index (χ2n) is 4.13. The first kappa shape index (κ1) is 12.6. The Kier molecular flexibility index (Phi) is 3.94. The number of carboxylic acids is 1. The molecule has 2 atom stereocenters. The highest BCUT2D eigenvalue weighted by atomic mass is 16.6. The van der Waals surface area contributed by atoms with Gasteiger partial charge in [0.1, 0.15) is 6.61 Å². The van der Waals surface area contributed by atoms with Gasteiger partial charge in [-0.05, 0) is 25.0 Å². The summed E-state index contributed by atoms with van der Waals surface area (Å²) in [5, 5.41) is 8.75.